The first-order chi connectivity index (χ1) is 7.81. The molecule has 100 valence electrons. The largest absolute Gasteiger partial charge is 0.381 e. The molecule has 3 unspecified atom stereocenters. The molecule has 4 heteroatoms. The van der Waals surface area contributed by atoms with Gasteiger partial charge in [0.2, 0.25) is 5.91 Å². The van der Waals surface area contributed by atoms with Crippen molar-refractivity contribution in [1.29, 1.82) is 0 Å². The zero-order valence-electron chi connectivity index (χ0n) is 11.7. The molecule has 1 fully saturated rings. The molecule has 1 rings (SSSR count). The summed E-state index contributed by atoms with van der Waals surface area (Å²) in [6.07, 6.45) is 3.53. The fourth-order valence-electron chi connectivity index (χ4n) is 2.21. The smallest absolute Gasteiger partial charge is 0.237 e. The molecular formula is C13H26N2O2. The van der Waals surface area contributed by atoms with Crippen molar-refractivity contribution in [1.82, 2.24) is 10.6 Å². The highest BCUT2D eigenvalue weighted by molar-refractivity contribution is 5.81. The minimum Gasteiger partial charge on any atom is -0.381 e. The van der Waals surface area contributed by atoms with Crippen LogP contribution in [0.1, 0.15) is 47.0 Å². The molecule has 0 aliphatic heterocycles. The normalized spacial score (nSPS) is 26.9. The average Bonchev–Trinajstić information content (AvgIpc) is 2.62. The third-order valence-electron chi connectivity index (χ3n) is 3.10. The monoisotopic (exact) mass is 242 g/mol. The van der Waals surface area contributed by atoms with E-state index in [1.54, 1.807) is 7.11 Å². The van der Waals surface area contributed by atoms with E-state index < -0.39 is 0 Å². The van der Waals surface area contributed by atoms with E-state index in [4.69, 9.17) is 4.74 Å². The van der Waals surface area contributed by atoms with Crippen molar-refractivity contribution in [3.05, 3.63) is 0 Å². The van der Waals surface area contributed by atoms with Crippen LogP contribution in [-0.4, -0.2) is 36.7 Å². The van der Waals surface area contributed by atoms with Crippen LogP contribution in [-0.2, 0) is 9.53 Å². The van der Waals surface area contributed by atoms with Gasteiger partial charge >= 0.3 is 0 Å². The van der Waals surface area contributed by atoms with Gasteiger partial charge < -0.3 is 15.4 Å². The zero-order valence-corrected chi connectivity index (χ0v) is 11.7. The SMILES string of the molecule is COC1CCC(NC(C)C(=O)NC(C)(C)C)C1. The maximum atomic E-state index is 11.9. The minimum atomic E-state index is -0.169. The van der Waals surface area contributed by atoms with Crippen molar-refractivity contribution in [3.8, 4) is 0 Å². The van der Waals surface area contributed by atoms with Crippen LogP contribution < -0.4 is 10.6 Å². The van der Waals surface area contributed by atoms with Crippen LogP contribution >= 0.6 is 0 Å². The Morgan fingerprint density at radius 3 is 2.47 bits per heavy atom. The molecule has 1 saturated carbocycles. The molecule has 1 amide bonds. The average molecular weight is 242 g/mol. The molecule has 3 atom stereocenters. The fraction of sp³-hybridized carbons (Fsp3) is 0.923. The highest BCUT2D eigenvalue weighted by Crippen LogP contribution is 2.21. The number of nitrogens with one attached hydrogen (secondary N) is 2. The van der Waals surface area contributed by atoms with Crippen LogP contribution in [0.25, 0.3) is 0 Å². The van der Waals surface area contributed by atoms with Gasteiger partial charge in [0.15, 0.2) is 0 Å². The summed E-state index contributed by atoms with van der Waals surface area (Å²) < 4.78 is 5.32. The Balaban J connectivity index is 2.34. The molecule has 2 N–H and O–H groups in total. The van der Waals surface area contributed by atoms with E-state index in [-0.39, 0.29) is 17.5 Å². The van der Waals surface area contributed by atoms with Crippen molar-refractivity contribution >= 4 is 5.91 Å². The summed E-state index contributed by atoms with van der Waals surface area (Å²) in [5.41, 5.74) is -0.169. The Morgan fingerprint density at radius 2 is 2.00 bits per heavy atom. The van der Waals surface area contributed by atoms with Crippen molar-refractivity contribution in [3.63, 3.8) is 0 Å². The standard InChI is InChI=1S/C13H26N2O2/c1-9(12(16)15-13(2,3)4)14-10-6-7-11(8-10)17-5/h9-11,14H,6-8H2,1-5H3,(H,15,16). The van der Waals surface area contributed by atoms with Crippen LogP contribution in [0.15, 0.2) is 0 Å². The van der Waals surface area contributed by atoms with Gasteiger partial charge in [-0.05, 0) is 47.0 Å². The van der Waals surface area contributed by atoms with Gasteiger partial charge in [0.1, 0.15) is 0 Å². The Hall–Kier alpha value is -0.610. The molecule has 17 heavy (non-hydrogen) atoms. The number of rotatable bonds is 4. The summed E-state index contributed by atoms with van der Waals surface area (Å²) >= 11 is 0. The summed E-state index contributed by atoms with van der Waals surface area (Å²) in [5.74, 6) is 0.0679. The number of ether oxygens (including phenoxy) is 1. The Kier molecular flexibility index (Phi) is 4.95. The summed E-state index contributed by atoms with van der Waals surface area (Å²) in [6, 6.07) is 0.260. The van der Waals surface area contributed by atoms with E-state index in [2.05, 4.69) is 10.6 Å². The Morgan fingerprint density at radius 1 is 1.35 bits per heavy atom. The van der Waals surface area contributed by atoms with Crippen LogP contribution in [0.4, 0.5) is 0 Å². The van der Waals surface area contributed by atoms with E-state index in [1.165, 1.54) is 0 Å². The van der Waals surface area contributed by atoms with Crippen molar-refractivity contribution in [2.45, 2.75) is 70.7 Å². The highest BCUT2D eigenvalue weighted by atomic mass is 16.5. The van der Waals surface area contributed by atoms with Crippen molar-refractivity contribution in [2.75, 3.05) is 7.11 Å². The predicted molar refractivity (Wildman–Crippen MR) is 68.9 cm³/mol. The zero-order chi connectivity index (χ0) is 13.1. The highest BCUT2D eigenvalue weighted by Gasteiger charge is 2.27. The van der Waals surface area contributed by atoms with E-state index in [1.807, 2.05) is 27.7 Å². The Bertz CT molecular complexity index is 261. The first kappa shape index (κ1) is 14.5. The van der Waals surface area contributed by atoms with Crippen LogP contribution in [0.2, 0.25) is 0 Å². The van der Waals surface area contributed by atoms with Crippen molar-refractivity contribution in [2.24, 2.45) is 0 Å². The second-order valence-electron chi connectivity index (χ2n) is 6.00. The van der Waals surface area contributed by atoms with Crippen LogP contribution in [0, 0.1) is 0 Å². The van der Waals surface area contributed by atoms with Gasteiger partial charge in [-0.25, -0.2) is 0 Å². The summed E-state index contributed by atoms with van der Waals surface area (Å²) in [6.45, 7) is 7.90. The molecule has 0 aromatic rings. The van der Waals surface area contributed by atoms with E-state index in [9.17, 15) is 4.79 Å². The minimum absolute atomic E-state index is 0.0679. The summed E-state index contributed by atoms with van der Waals surface area (Å²) in [7, 11) is 1.75. The molecule has 0 bridgehead atoms. The number of carbonyl (C=O) groups excluding carboxylic acids is 1. The van der Waals surface area contributed by atoms with Crippen molar-refractivity contribution < 1.29 is 9.53 Å². The molecule has 4 nitrogen and oxygen atoms in total. The van der Waals surface area contributed by atoms with E-state index in [0.29, 0.717) is 12.1 Å². The van der Waals surface area contributed by atoms with Gasteiger partial charge in [0.25, 0.3) is 0 Å². The fourth-order valence-corrected chi connectivity index (χ4v) is 2.21. The van der Waals surface area contributed by atoms with Gasteiger partial charge in [0, 0.05) is 18.7 Å². The Labute approximate surface area is 104 Å². The first-order valence-electron chi connectivity index (χ1n) is 6.42. The van der Waals surface area contributed by atoms with Gasteiger partial charge in [0.05, 0.1) is 12.1 Å². The molecule has 0 heterocycles. The molecule has 0 aromatic carbocycles. The quantitative estimate of drug-likeness (QED) is 0.784. The van der Waals surface area contributed by atoms with Gasteiger partial charge in [-0.2, -0.15) is 0 Å². The van der Waals surface area contributed by atoms with Crippen LogP contribution in [0.3, 0.4) is 0 Å². The maximum Gasteiger partial charge on any atom is 0.237 e. The third kappa shape index (κ3) is 5.04. The van der Waals surface area contributed by atoms with E-state index in [0.717, 1.165) is 19.3 Å². The maximum absolute atomic E-state index is 11.9. The van der Waals surface area contributed by atoms with Gasteiger partial charge in [-0.3, -0.25) is 4.79 Å². The number of methoxy groups -OCH3 is 1. The molecule has 0 aromatic heterocycles. The lowest BCUT2D eigenvalue weighted by atomic mass is 10.1. The molecule has 1 aliphatic carbocycles. The second kappa shape index (κ2) is 5.83. The lowest BCUT2D eigenvalue weighted by Gasteiger charge is -2.25. The number of hydrogen-bond donors (Lipinski definition) is 2. The number of amides is 1. The van der Waals surface area contributed by atoms with Crippen LogP contribution in [0.5, 0.6) is 0 Å². The molecule has 0 spiro atoms. The second-order valence-corrected chi connectivity index (χ2v) is 6.00. The lowest BCUT2D eigenvalue weighted by Crippen LogP contribution is -2.51. The molecule has 0 saturated heterocycles. The number of carbonyl (C=O) groups is 1. The lowest BCUT2D eigenvalue weighted by molar-refractivity contribution is -0.124. The molecule has 0 radical (unpaired) electrons. The first-order valence-corrected chi connectivity index (χ1v) is 6.42. The van der Waals surface area contributed by atoms with E-state index >= 15 is 0 Å². The summed E-state index contributed by atoms with van der Waals surface area (Å²) in [5, 5.41) is 6.36. The summed E-state index contributed by atoms with van der Waals surface area (Å²) in [4.78, 5) is 11.9. The topological polar surface area (TPSA) is 50.4 Å². The van der Waals surface area contributed by atoms with Gasteiger partial charge in [-0.15, -0.1) is 0 Å². The predicted octanol–water partition coefficient (Wildman–Crippen LogP) is 1.45. The molecular weight excluding hydrogens is 216 g/mol. The third-order valence-corrected chi connectivity index (χ3v) is 3.10. The number of hydrogen-bond acceptors (Lipinski definition) is 3. The molecule has 1 aliphatic rings. The van der Waals surface area contributed by atoms with Gasteiger partial charge in [-0.1, -0.05) is 0 Å².